The number of alkyl halides is 2. The summed E-state index contributed by atoms with van der Waals surface area (Å²) in [6.45, 7) is 10.4. The van der Waals surface area contributed by atoms with Gasteiger partial charge >= 0.3 is 12.6 Å². The minimum atomic E-state index is -2.95. The first-order valence-corrected chi connectivity index (χ1v) is 9.19. The number of methoxy groups -OCH3 is 1. The van der Waals surface area contributed by atoms with Crippen molar-refractivity contribution in [1.82, 2.24) is 4.90 Å². The number of ether oxygens (including phenoxy) is 3. The van der Waals surface area contributed by atoms with E-state index in [1.54, 1.807) is 12.1 Å². The Labute approximate surface area is 164 Å². The van der Waals surface area contributed by atoms with E-state index in [1.165, 1.54) is 13.2 Å². The van der Waals surface area contributed by atoms with Crippen LogP contribution < -0.4 is 9.47 Å². The van der Waals surface area contributed by atoms with Crippen LogP contribution in [0.4, 0.5) is 8.78 Å². The number of nitrogens with zero attached hydrogens (tertiary/aromatic N) is 2. The zero-order valence-corrected chi connectivity index (χ0v) is 16.4. The van der Waals surface area contributed by atoms with Crippen LogP contribution in [0, 0.1) is 12.5 Å². The first-order valence-electron chi connectivity index (χ1n) is 9.19. The summed E-state index contributed by atoms with van der Waals surface area (Å²) in [5.74, 6) is 0.0711. The van der Waals surface area contributed by atoms with Gasteiger partial charge in [-0.25, -0.2) is 6.57 Å². The number of halogens is 2. The number of rotatable bonds is 8. The highest BCUT2D eigenvalue weighted by molar-refractivity contribution is 5.71. The van der Waals surface area contributed by atoms with Crippen LogP contribution in [-0.4, -0.2) is 50.8 Å². The quantitative estimate of drug-likeness (QED) is 0.495. The average molecular weight is 396 g/mol. The fourth-order valence-electron chi connectivity index (χ4n) is 3.15. The lowest BCUT2D eigenvalue weighted by molar-refractivity contribution is -0.142. The van der Waals surface area contributed by atoms with Gasteiger partial charge in [0, 0.05) is 31.5 Å². The summed E-state index contributed by atoms with van der Waals surface area (Å²) in [4.78, 5) is 17.3. The molecule has 0 radical (unpaired) electrons. The maximum atomic E-state index is 12.7. The highest BCUT2D eigenvalue weighted by Crippen LogP contribution is 2.41. The van der Waals surface area contributed by atoms with Gasteiger partial charge in [-0.15, -0.1) is 0 Å². The Morgan fingerprint density at radius 1 is 1.29 bits per heavy atom. The van der Waals surface area contributed by atoms with Gasteiger partial charge in [-0.1, -0.05) is 13.8 Å². The Morgan fingerprint density at radius 3 is 2.50 bits per heavy atom. The van der Waals surface area contributed by atoms with Crippen molar-refractivity contribution in [2.24, 2.45) is 5.92 Å². The smallest absolute Gasteiger partial charge is 0.387 e. The van der Waals surface area contributed by atoms with E-state index in [0.717, 1.165) is 0 Å². The van der Waals surface area contributed by atoms with Crippen LogP contribution in [0.25, 0.3) is 4.85 Å². The van der Waals surface area contributed by atoms with Crippen LogP contribution in [-0.2, 0) is 15.1 Å². The van der Waals surface area contributed by atoms with Gasteiger partial charge in [0.05, 0.1) is 20.3 Å². The molecule has 28 heavy (non-hydrogen) atoms. The maximum absolute atomic E-state index is 12.7. The lowest BCUT2D eigenvalue weighted by Gasteiger charge is -2.33. The Bertz CT molecular complexity index is 711. The summed E-state index contributed by atoms with van der Waals surface area (Å²) >= 11 is 0. The summed E-state index contributed by atoms with van der Waals surface area (Å²) < 4.78 is 40.3. The molecule has 0 bridgehead atoms. The lowest BCUT2D eigenvalue weighted by atomic mass is 9.81. The molecule has 1 saturated heterocycles. The van der Waals surface area contributed by atoms with Crippen LogP contribution in [0.3, 0.4) is 0 Å². The number of benzene rings is 1. The van der Waals surface area contributed by atoms with Crippen molar-refractivity contribution in [3.63, 3.8) is 0 Å². The summed E-state index contributed by atoms with van der Waals surface area (Å²) in [5.41, 5.74) is -0.0769. The van der Waals surface area contributed by atoms with Crippen molar-refractivity contribution in [3.8, 4) is 11.5 Å². The molecule has 0 aromatic heterocycles. The number of carbonyl (C=O) groups is 1. The van der Waals surface area contributed by atoms with E-state index in [1.807, 2.05) is 18.7 Å². The van der Waals surface area contributed by atoms with Gasteiger partial charge in [0.2, 0.25) is 0 Å². The Balaban J connectivity index is 2.23. The van der Waals surface area contributed by atoms with Crippen molar-refractivity contribution in [2.75, 3.05) is 33.4 Å². The van der Waals surface area contributed by atoms with Gasteiger partial charge in [-0.3, -0.25) is 9.69 Å². The molecule has 0 unspecified atom stereocenters. The summed E-state index contributed by atoms with van der Waals surface area (Å²) in [6, 6.07) is 4.72. The van der Waals surface area contributed by atoms with E-state index in [0.29, 0.717) is 38.1 Å². The first-order chi connectivity index (χ1) is 13.3. The summed E-state index contributed by atoms with van der Waals surface area (Å²) in [6.07, 6.45) is 1.04. The Morgan fingerprint density at radius 2 is 1.96 bits per heavy atom. The third-order valence-electron chi connectivity index (χ3n) is 4.75. The average Bonchev–Trinajstić information content (AvgIpc) is 2.67. The molecule has 0 N–H and O–H groups in total. The second-order valence-corrected chi connectivity index (χ2v) is 7.24. The largest absolute Gasteiger partial charge is 0.489 e. The normalized spacial score (nSPS) is 16.6. The predicted molar refractivity (Wildman–Crippen MR) is 99.4 cm³/mol. The molecule has 154 valence electrons. The number of likely N-dealkylation sites (tertiary alicyclic amines) is 1. The van der Waals surface area contributed by atoms with Crippen LogP contribution in [0.2, 0.25) is 0 Å². The summed E-state index contributed by atoms with van der Waals surface area (Å²) in [7, 11) is 1.34. The van der Waals surface area contributed by atoms with Crippen LogP contribution in [0.5, 0.6) is 11.5 Å². The van der Waals surface area contributed by atoms with E-state index in [-0.39, 0.29) is 29.9 Å². The van der Waals surface area contributed by atoms with E-state index >= 15 is 0 Å². The monoisotopic (exact) mass is 396 g/mol. The number of esters is 1. The number of hydrogen-bond acceptors (Lipinski definition) is 5. The zero-order chi connectivity index (χ0) is 20.7. The standard InChI is InChI=1S/C20H26F2N2O4/c1-14(2)13-27-17-11-15(5-6-16(17)28-19(21)22)20(23-3)7-9-24(10-8-20)12-18(25)26-4/h5-6,11,14,19H,7-10,12-13H2,1-2,4H3. The molecular formula is C20H26F2N2O4. The van der Waals surface area contributed by atoms with Crippen molar-refractivity contribution >= 4 is 5.97 Å². The molecule has 1 aromatic rings. The minimum Gasteiger partial charge on any atom is -0.489 e. The topological polar surface area (TPSA) is 52.4 Å². The van der Waals surface area contributed by atoms with Gasteiger partial charge in [-0.05, 0) is 24.1 Å². The highest BCUT2D eigenvalue weighted by atomic mass is 19.3. The van der Waals surface area contributed by atoms with E-state index in [4.69, 9.17) is 11.3 Å². The second-order valence-electron chi connectivity index (χ2n) is 7.24. The van der Waals surface area contributed by atoms with E-state index < -0.39 is 12.2 Å². The van der Waals surface area contributed by atoms with Gasteiger partial charge < -0.3 is 19.1 Å². The van der Waals surface area contributed by atoms with Gasteiger partial charge in [0.1, 0.15) is 0 Å². The molecule has 1 aliphatic heterocycles. The highest BCUT2D eigenvalue weighted by Gasteiger charge is 2.43. The third-order valence-corrected chi connectivity index (χ3v) is 4.75. The lowest BCUT2D eigenvalue weighted by Crippen LogP contribution is -2.43. The second kappa shape index (κ2) is 9.69. The molecule has 1 fully saturated rings. The zero-order valence-electron chi connectivity index (χ0n) is 16.4. The first kappa shape index (κ1) is 21.9. The van der Waals surface area contributed by atoms with E-state index in [9.17, 15) is 13.6 Å². The molecule has 0 atom stereocenters. The van der Waals surface area contributed by atoms with Crippen molar-refractivity contribution in [2.45, 2.75) is 38.8 Å². The van der Waals surface area contributed by atoms with Crippen molar-refractivity contribution in [1.29, 1.82) is 0 Å². The molecule has 6 nitrogen and oxygen atoms in total. The van der Waals surface area contributed by atoms with Crippen LogP contribution >= 0.6 is 0 Å². The SMILES string of the molecule is [C-]#[N+]C1(c2ccc(OC(F)F)c(OCC(C)C)c2)CCN(CC(=O)OC)CC1. The molecule has 1 aliphatic rings. The molecule has 8 heteroatoms. The van der Waals surface area contributed by atoms with Gasteiger partial charge in [-0.2, -0.15) is 8.78 Å². The fourth-order valence-corrected chi connectivity index (χ4v) is 3.15. The molecule has 0 aliphatic carbocycles. The summed E-state index contributed by atoms with van der Waals surface area (Å²) in [5, 5.41) is 0. The van der Waals surface area contributed by atoms with Crippen molar-refractivity contribution < 1.29 is 27.8 Å². The minimum absolute atomic E-state index is 0.0392. The Kier molecular flexibility index (Phi) is 7.58. The molecule has 0 amide bonds. The molecular weight excluding hydrogens is 370 g/mol. The predicted octanol–water partition coefficient (Wildman–Crippen LogP) is 3.71. The number of piperidine rings is 1. The number of hydrogen-bond donors (Lipinski definition) is 0. The van der Waals surface area contributed by atoms with E-state index in [2.05, 4.69) is 14.3 Å². The third kappa shape index (κ3) is 5.55. The molecule has 0 spiro atoms. The number of carbonyl (C=O) groups excluding carboxylic acids is 1. The Hall–Kier alpha value is -2.40. The molecule has 0 saturated carbocycles. The van der Waals surface area contributed by atoms with Crippen molar-refractivity contribution in [3.05, 3.63) is 35.2 Å². The van der Waals surface area contributed by atoms with Gasteiger partial charge in [0.25, 0.3) is 5.54 Å². The molecule has 1 aromatic carbocycles. The van der Waals surface area contributed by atoms with Gasteiger partial charge in [0.15, 0.2) is 11.5 Å². The van der Waals surface area contributed by atoms with Crippen LogP contribution in [0.15, 0.2) is 18.2 Å². The molecule has 2 rings (SSSR count). The molecule has 1 heterocycles. The fraction of sp³-hybridized carbons (Fsp3) is 0.600. The van der Waals surface area contributed by atoms with Crippen LogP contribution in [0.1, 0.15) is 32.3 Å². The maximum Gasteiger partial charge on any atom is 0.387 e.